The van der Waals surface area contributed by atoms with Crippen LogP contribution in [0.2, 0.25) is 0 Å². The van der Waals surface area contributed by atoms with Gasteiger partial charge < -0.3 is 5.32 Å². The van der Waals surface area contributed by atoms with E-state index in [1.807, 2.05) is 26.0 Å². The van der Waals surface area contributed by atoms with Crippen molar-refractivity contribution in [2.45, 2.75) is 44.4 Å². The fourth-order valence-corrected chi connectivity index (χ4v) is 4.74. The zero-order valence-electron chi connectivity index (χ0n) is 13.9. The average molecular weight is 338 g/mol. The Hall–Kier alpha value is -1.40. The number of hydrogen-bond donors (Lipinski definition) is 1. The summed E-state index contributed by atoms with van der Waals surface area (Å²) in [5.41, 5.74) is 0.783. The van der Waals surface area contributed by atoms with Crippen LogP contribution in [0.1, 0.15) is 38.2 Å². The number of nitrogens with zero attached hydrogens (tertiary/aromatic N) is 1. The van der Waals surface area contributed by atoms with E-state index in [0.717, 1.165) is 24.8 Å². The van der Waals surface area contributed by atoms with Gasteiger partial charge >= 0.3 is 0 Å². The van der Waals surface area contributed by atoms with Gasteiger partial charge in [0.2, 0.25) is 15.9 Å². The minimum atomic E-state index is -3.40. The standard InChI is InChI=1S/C17H26N2O3S/c1-3-18-17(20)9-8-15-10-12-19(13-11-15)23(21,22)16-7-5-4-6-14(16)2/h4-7,15H,3,8-13H2,1-2H3,(H,18,20). The van der Waals surface area contributed by atoms with Crippen molar-refractivity contribution in [2.24, 2.45) is 5.92 Å². The zero-order chi connectivity index (χ0) is 16.9. The van der Waals surface area contributed by atoms with E-state index in [1.165, 1.54) is 0 Å². The Labute approximate surface area is 139 Å². The summed E-state index contributed by atoms with van der Waals surface area (Å²) in [6, 6.07) is 7.11. The van der Waals surface area contributed by atoms with Crippen molar-refractivity contribution in [3.63, 3.8) is 0 Å². The van der Waals surface area contributed by atoms with Crippen LogP contribution in [0.25, 0.3) is 0 Å². The van der Waals surface area contributed by atoms with Gasteiger partial charge in [0, 0.05) is 26.1 Å². The molecule has 1 amide bonds. The van der Waals surface area contributed by atoms with Crippen LogP contribution in [0.4, 0.5) is 0 Å². The summed E-state index contributed by atoms with van der Waals surface area (Å²) in [6.07, 6.45) is 3.02. The number of hydrogen-bond acceptors (Lipinski definition) is 3. The zero-order valence-corrected chi connectivity index (χ0v) is 14.7. The summed E-state index contributed by atoms with van der Waals surface area (Å²) >= 11 is 0. The first-order valence-electron chi connectivity index (χ1n) is 8.27. The largest absolute Gasteiger partial charge is 0.356 e. The summed E-state index contributed by atoms with van der Waals surface area (Å²) in [6.45, 7) is 5.47. The van der Waals surface area contributed by atoms with Gasteiger partial charge in [-0.3, -0.25) is 4.79 Å². The maximum absolute atomic E-state index is 12.7. The summed E-state index contributed by atoms with van der Waals surface area (Å²) in [5.74, 6) is 0.517. The normalized spacial score (nSPS) is 17.1. The van der Waals surface area contributed by atoms with Crippen molar-refractivity contribution in [3.05, 3.63) is 29.8 Å². The molecule has 1 saturated heterocycles. The Morgan fingerprint density at radius 1 is 1.26 bits per heavy atom. The molecule has 0 aliphatic carbocycles. The monoisotopic (exact) mass is 338 g/mol. The number of sulfonamides is 1. The summed E-state index contributed by atoms with van der Waals surface area (Å²) in [7, 11) is -3.40. The van der Waals surface area contributed by atoms with Gasteiger partial charge in [-0.05, 0) is 50.7 Å². The lowest BCUT2D eigenvalue weighted by Crippen LogP contribution is -2.39. The SMILES string of the molecule is CCNC(=O)CCC1CCN(S(=O)(=O)c2ccccc2C)CC1. The van der Waals surface area contributed by atoms with Crippen LogP contribution in [-0.2, 0) is 14.8 Å². The van der Waals surface area contributed by atoms with E-state index in [1.54, 1.807) is 16.4 Å². The Bertz CT molecular complexity index is 635. The molecule has 1 N–H and O–H groups in total. The summed E-state index contributed by atoms with van der Waals surface area (Å²) < 4.78 is 27.0. The van der Waals surface area contributed by atoms with E-state index in [2.05, 4.69) is 5.32 Å². The topological polar surface area (TPSA) is 66.5 Å². The molecule has 2 rings (SSSR count). The average Bonchev–Trinajstić information content (AvgIpc) is 2.54. The highest BCUT2D eigenvalue weighted by molar-refractivity contribution is 7.89. The molecule has 128 valence electrons. The van der Waals surface area contributed by atoms with Crippen molar-refractivity contribution in [1.29, 1.82) is 0 Å². The Morgan fingerprint density at radius 3 is 2.52 bits per heavy atom. The van der Waals surface area contributed by atoms with Crippen LogP contribution in [0, 0.1) is 12.8 Å². The number of amides is 1. The van der Waals surface area contributed by atoms with Crippen molar-refractivity contribution in [2.75, 3.05) is 19.6 Å². The molecule has 0 atom stereocenters. The number of nitrogens with one attached hydrogen (secondary N) is 1. The van der Waals surface area contributed by atoms with Crippen LogP contribution in [-0.4, -0.2) is 38.3 Å². The van der Waals surface area contributed by atoms with Crippen molar-refractivity contribution >= 4 is 15.9 Å². The molecule has 0 spiro atoms. The third kappa shape index (κ3) is 4.54. The molecule has 23 heavy (non-hydrogen) atoms. The molecule has 6 heteroatoms. The van der Waals surface area contributed by atoms with Crippen molar-refractivity contribution in [3.8, 4) is 0 Å². The maximum atomic E-state index is 12.7. The second-order valence-electron chi connectivity index (χ2n) is 6.11. The van der Waals surface area contributed by atoms with Gasteiger partial charge in [-0.15, -0.1) is 0 Å². The second-order valence-corrected chi connectivity index (χ2v) is 8.01. The molecule has 1 aliphatic heterocycles. The van der Waals surface area contributed by atoms with Crippen LogP contribution < -0.4 is 5.32 Å². The highest BCUT2D eigenvalue weighted by atomic mass is 32.2. The highest BCUT2D eigenvalue weighted by Crippen LogP contribution is 2.27. The van der Waals surface area contributed by atoms with Crippen LogP contribution in [0.5, 0.6) is 0 Å². The number of aryl methyl sites for hydroxylation is 1. The lowest BCUT2D eigenvalue weighted by atomic mass is 9.93. The molecule has 0 radical (unpaired) electrons. The van der Waals surface area contributed by atoms with E-state index in [0.29, 0.717) is 36.9 Å². The van der Waals surface area contributed by atoms with Crippen molar-refractivity contribution in [1.82, 2.24) is 9.62 Å². The first kappa shape index (κ1) is 17.9. The third-order valence-corrected chi connectivity index (χ3v) is 6.50. The minimum Gasteiger partial charge on any atom is -0.356 e. The lowest BCUT2D eigenvalue weighted by molar-refractivity contribution is -0.121. The lowest BCUT2D eigenvalue weighted by Gasteiger charge is -2.31. The van der Waals surface area contributed by atoms with Gasteiger partial charge in [-0.25, -0.2) is 8.42 Å². The molecule has 0 aromatic heterocycles. The Kier molecular flexibility index (Phi) is 6.18. The molecule has 0 bridgehead atoms. The van der Waals surface area contributed by atoms with Gasteiger partial charge in [-0.2, -0.15) is 4.31 Å². The molecular formula is C17H26N2O3S. The summed E-state index contributed by atoms with van der Waals surface area (Å²) in [4.78, 5) is 11.9. The van der Waals surface area contributed by atoms with Crippen LogP contribution >= 0.6 is 0 Å². The van der Waals surface area contributed by atoms with E-state index >= 15 is 0 Å². The summed E-state index contributed by atoms with van der Waals surface area (Å²) in [5, 5.41) is 2.80. The molecule has 1 fully saturated rings. The first-order valence-corrected chi connectivity index (χ1v) is 9.71. The maximum Gasteiger partial charge on any atom is 0.243 e. The van der Waals surface area contributed by atoms with Crippen molar-refractivity contribution < 1.29 is 13.2 Å². The smallest absolute Gasteiger partial charge is 0.243 e. The number of carbonyl (C=O) groups excluding carboxylic acids is 1. The second kappa shape index (κ2) is 7.93. The highest BCUT2D eigenvalue weighted by Gasteiger charge is 2.30. The number of carbonyl (C=O) groups is 1. The Balaban J connectivity index is 1.91. The molecular weight excluding hydrogens is 312 g/mol. The molecule has 1 aromatic rings. The van der Waals surface area contributed by atoms with E-state index < -0.39 is 10.0 Å². The molecule has 1 aromatic carbocycles. The number of piperidine rings is 1. The quantitative estimate of drug-likeness (QED) is 0.865. The van der Waals surface area contributed by atoms with Gasteiger partial charge in [0.15, 0.2) is 0 Å². The van der Waals surface area contributed by atoms with E-state index in [4.69, 9.17) is 0 Å². The molecule has 1 heterocycles. The van der Waals surface area contributed by atoms with E-state index in [9.17, 15) is 13.2 Å². The van der Waals surface area contributed by atoms with Gasteiger partial charge in [0.25, 0.3) is 0 Å². The minimum absolute atomic E-state index is 0.0856. The molecule has 1 aliphatic rings. The van der Waals surface area contributed by atoms with Crippen LogP contribution in [0.15, 0.2) is 29.2 Å². The van der Waals surface area contributed by atoms with Gasteiger partial charge in [0.1, 0.15) is 0 Å². The van der Waals surface area contributed by atoms with E-state index in [-0.39, 0.29) is 5.91 Å². The fraction of sp³-hybridized carbons (Fsp3) is 0.588. The number of benzene rings is 1. The predicted molar refractivity (Wildman–Crippen MR) is 90.6 cm³/mol. The predicted octanol–water partition coefficient (Wildman–Crippen LogP) is 2.31. The van der Waals surface area contributed by atoms with Crippen LogP contribution in [0.3, 0.4) is 0 Å². The first-order chi connectivity index (χ1) is 10.9. The van der Waals surface area contributed by atoms with Gasteiger partial charge in [0.05, 0.1) is 4.90 Å². The molecule has 0 unspecified atom stereocenters. The fourth-order valence-electron chi connectivity index (χ4n) is 3.04. The Morgan fingerprint density at radius 2 is 1.91 bits per heavy atom. The van der Waals surface area contributed by atoms with Gasteiger partial charge in [-0.1, -0.05) is 18.2 Å². The number of rotatable bonds is 6. The molecule has 5 nitrogen and oxygen atoms in total. The molecule has 0 saturated carbocycles. The third-order valence-electron chi connectivity index (χ3n) is 4.44.